The Bertz CT molecular complexity index is 796. The summed E-state index contributed by atoms with van der Waals surface area (Å²) in [4.78, 5) is 26.8. The Morgan fingerprint density at radius 2 is 1.75 bits per heavy atom. The molecule has 148 valence electrons. The maximum atomic E-state index is 12.6. The predicted molar refractivity (Wildman–Crippen MR) is 109 cm³/mol. The molecule has 2 amide bonds. The summed E-state index contributed by atoms with van der Waals surface area (Å²) in [5.41, 5.74) is 2.57. The van der Waals surface area contributed by atoms with E-state index in [0.29, 0.717) is 25.1 Å². The lowest BCUT2D eigenvalue weighted by Gasteiger charge is -2.26. The third-order valence-corrected chi connectivity index (χ3v) is 4.91. The highest BCUT2D eigenvalue weighted by Gasteiger charge is 2.18. The number of ether oxygens (including phenoxy) is 1. The van der Waals surface area contributed by atoms with E-state index in [-0.39, 0.29) is 11.8 Å². The summed E-state index contributed by atoms with van der Waals surface area (Å²) in [6, 6.07) is 15.1. The number of piperidine rings is 1. The van der Waals surface area contributed by atoms with Crippen LogP contribution < -0.4 is 10.1 Å². The van der Waals surface area contributed by atoms with Crippen LogP contribution in [0.3, 0.4) is 0 Å². The van der Waals surface area contributed by atoms with E-state index in [4.69, 9.17) is 4.74 Å². The first kappa shape index (κ1) is 19.9. The van der Waals surface area contributed by atoms with Crippen LogP contribution in [-0.2, 0) is 17.8 Å². The van der Waals surface area contributed by atoms with Crippen LogP contribution in [0.2, 0.25) is 0 Å². The standard InChI is InChI=1S/C23H28N2O3/c1-2-28-21-11-9-18(10-12-21)16-22(26)24-17-19-7-6-8-20(15-19)23(27)25-13-4-3-5-14-25/h6-12,15H,2-5,13-14,16-17H2,1H3,(H,24,26). The number of hydrogen-bond donors (Lipinski definition) is 1. The largest absolute Gasteiger partial charge is 0.494 e. The van der Waals surface area contributed by atoms with Gasteiger partial charge in [-0.3, -0.25) is 9.59 Å². The van der Waals surface area contributed by atoms with Crippen LogP contribution in [0.5, 0.6) is 5.75 Å². The highest BCUT2D eigenvalue weighted by Crippen LogP contribution is 2.15. The first-order valence-electron chi connectivity index (χ1n) is 10.0. The van der Waals surface area contributed by atoms with Crippen molar-refractivity contribution in [3.63, 3.8) is 0 Å². The van der Waals surface area contributed by atoms with Gasteiger partial charge in [0, 0.05) is 25.2 Å². The summed E-state index contributed by atoms with van der Waals surface area (Å²) in [6.45, 7) is 4.65. The van der Waals surface area contributed by atoms with Crippen molar-refractivity contribution >= 4 is 11.8 Å². The van der Waals surface area contributed by atoms with Gasteiger partial charge in [0.05, 0.1) is 13.0 Å². The van der Waals surface area contributed by atoms with E-state index in [9.17, 15) is 9.59 Å². The second-order valence-corrected chi connectivity index (χ2v) is 7.08. The normalized spacial score (nSPS) is 13.8. The zero-order valence-electron chi connectivity index (χ0n) is 16.4. The number of hydrogen-bond acceptors (Lipinski definition) is 3. The topological polar surface area (TPSA) is 58.6 Å². The fourth-order valence-electron chi connectivity index (χ4n) is 3.41. The third kappa shape index (κ3) is 5.59. The molecule has 0 bridgehead atoms. The van der Waals surface area contributed by atoms with E-state index >= 15 is 0 Å². The summed E-state index contributed by atoms with van der Waals surface area (Å²) in [5.74, 6) is 0.848. The molecule has 1 saturated heterocycles. The molecular formula is C23H28N2O3. The average Bonchev–Trinajstić information content (AvgIpc) is 2.74. The number of carbonyl (C=O) groups is 2. The monoisotopic (exact) mass is 380 g/mol. The lowest BCUT2D eigenvalue weighted by atomic mass is 10.1. The van der Waals surface area contributed by atoms with Gasteiger partial charge in [-0.1, -0.05) is 24.3 Å². The average molecular weight is 380 g/mol. The maximum absolute atomic E-state index is 12.6. The minimum Gasteiger partial charge on any atom is -0.494 e. The van der Waals surface area contributed by atoms with Gasteiger partial charge in [-0.15, -0.1) is 0 Å². The molecule has 3 rings (SSSR count). The summed E-state index contributed by atoms with van der Waals surface area (Å²) >= 11 is 0. The van der Waals surface area contributed by atoms with Crippen molar-refractivity contribution in [3.05, 3.63) is 65.2 Å². The van der Waals surface area contributed by atoms with Crippen molar-refractivity contribution in [1.82, 2.24) is 10.2 Å². The molecule has 0 atom stereocenters. The van der Waals surface area contributed by atoms with E-state index in [1.54, 1.807) is 0 Å². The minimum atomic E-state index is -0.0445. The smallest absolute Gasteiger partial charge is 0.253 e. The van der Waals surface area contributed by atoms with Crippen LogP contribution in [0.4, 0.5) is 0 Å². The van der Waals surface area contributed by atoms with Gasteiger partial charge >= 0.3 is 0 Å². The Morgan fingerprint density at radius 1 is 1.00 bits per heavy atom. The van der Waals surface area contributed by atoms with Crippen molar-refractivity contribution in [2.75, 3.05) is 19.7 Å². The molecule has 0 spiro atoms. The summed E-state index contributed by atoms with van der Waals surface area (Å²) in [7, 11) is 0. The molecule has 0 radical (unpaired) electrons. The lowest BCUT2D eigenvalue weighted by Crippen LogP contribution is -2.35. The molecular weight excluding hydrogens is 352 g/mol. The zero-order chi connectivity index (χ0) is 19.8. The van der Waals surface area contributed by atoms with Gasteiger partial charge in [-0.25, -0.2) is 0 Å². The molecule has 1 heterocycles. The van der Waals surface area contributed by atoms with Crippen LogP contribution in [0.1, 0.15) is 47.7 Å². The van der Waals surface area contributed by atoms with Crippen molar-refractivity contribution in [1.29, 1.82) is 0 Å². The zero-order valence-corrected chi connectivity index (χ0v) is 16.4. The van der Waals surface area contributed by atoms with Crippen LogP contribution in [-0.4, -0.2) is 36.4 Å². The number of nitrogens with zero attached hydrogens (tertiary/aromatic N) is 1. The summed E-state index contributed by atoms with van der Waals surface area (Å²) < 4.78 is 5.41. The fraction of sp³-hybridized carbons (Fsp3) is 0.391. The maximum Gasteiger partial charge on any atom is 0.253 e. The quantitative estimate of drug-likeness (QED) is 0.799. The number of likely N-dealkylation sites (tertiary alicyclic amines) is 1. The summed E-state index contributed by atoms with van der Waals surface area (Å²) in [5, 5.41) is 2.94. The van der Waals surface area contributed by atoms with E-state index in [1.807, 2.05) is 60.4 Å². The number of amides is 2. The molecule has 0 aromatic heterocycles. The molecule has 2 aromatic carbocycles. The highest BCUT2D eigenvalue weighted by molar-refractivity contribution is 5.94. The second-order valence-electron chi connectivity index (χ2n) is 7.08. The van der Waals surface area contributed by atoms with Gasteiger partial charge in [-0.05, 0) is 61.6 Å². The molecule has 0 unspecified atom stereocenters. The molecule has 1 fully saturated rings. The number of carbonyl (C=O) groups excluding carboxylic acids is 2. The van der Waals surface area contributed by atoms with Gasteiger partial charge in [0.15, 0.2) is 0 Å². The molecule has 5 heteroatoms. The van der Waals surface area contributed by atoms with Crippen LogP contribution >= 0.6 is 0 Å². The van der Waals surface area contributed by atoms with Crippen molar-refractivity contribution in [3.8, 4) is 5.75 Å². The fourth-order valence-corrected chi connectivity index (χ4v) is 3.41. The molecule has 1 aliphatic heterocycles. The molecule has 1 aliphatic rings. The number of nitrogens with one attached hydrogen (secondary N) is 1. The van der Waals surface area contributed by atoms with Crippen LogP contribution in [0, 0.1) is 0 Å². The van der Waals surface area contributed by atoms with E-state index in [1.165, 1.54) is 6.42 Å². The second kappa shape index (κ2) is 9.93. The Labute approximate surface area is 166 Å². The Kier molecular flexibility index (Phi) is 7.06. The SMILES string of the molecule is CCOc1ccc(CC(=O)NCc2cccc(C(=O)N3CCCCC3)c2)cc1. The molecule has 0 saturated carbocycles. The third-order valence-electron chi connectivity index (χ3n) is 4.91. The molecule has 0 aliphatic carbocycles. The van der Waals surface area contributed by atoms with Gasteiger partial charge in [0.1, 0.15) is 5.75 Å². The Morgan fingerprint density at radius 3 is 2.46 bits per heavy atom. The van der Waals surface area contributed by atoms with Crippen molar-refractivity contribution < 1.29 is 14.3 Å². The Balaban J connectivity index is 1.52. The van der Waals surface area contributed by atoms with Gasteiger partial charge in [-0.2, -0.15) is 0 Å². The predicted octanol–water partition coefficient (Wildman–Crippen LogP) is 3.57. The first-order valence-corrected chi connectivity index (χ1v) is 10.0. The molecule has 28 heavy (non-hydrogen) atoms. The first-order chi connectivity index (χ1) is 13.7. The van der Waals surface area contributed by atoms with Gasteiger partial charge < -0.3 is 15.0 Å². The number of benzene rings is 2. The molecule has 5 nitrogen and oxygen atoms in total. The van der Waals surface area contributed by atoms with E-state index in [2.05, 4.69) is 5.32 Å². The molecule has 2 aromatic rings. The van der Waals surface area contributed by atoms with E-state index < -0.39 is 0 Å². The summed E-state index contributed by atoms with van der Waals surface area (Å²) in [6.07, 6.45) is 3.67. The minimum absolute atomic E-state index is 0.0445. The van der Waals surface area contributed by atoms with Gasteiger partial charge in [0.25, 0.3) is 5.91 Å². The van der Waals surface area contributed by atoms with Crippen molar-refractivity contribution in [2.24, 2.45) is 0 Å². The van der Waals surface area contributed by atoms with Crippen molar-refractivity contribution in [2.45, 2.75) is 39.2 Å². The highest BCUT2D eigenvalue weighted by atomic mass is 16.5. The number of rotatable bonds is 7. The van der Waals surface area contributed by atoms with E-state index in [0.717, 1.165) is 42.8 Å². The van der Waals surface area contributed by atoms with Crippen LogP contribution in [0.15, 0.2) is 48.5 Å². The molecule has 1 N–H and O–H groups in total. The Hall–Kier alpha value is -2.82. The van der Waals surface area contributed by atoms with Gasteiger partial charge in [0.2, 0.25) is 5.91 Å². The van der Waals surface area contributed by atoms with Crippen LogP contribution in [0.25, 0.3) is 0 Å². The lowest BCUT2D eigenvalue weighted by molar-refractivity contribution is -0.120.